The minimum atomic E-state index is -1.05. The zero-order valence-corrected chi connectivity index (χ0v) is 33.9. The van der Waals surface area contributed by atoms with E-state index in [1.54, 1.807) is 28.9 Å². The molecule has 4 aromatic carbocycles. The van der Waals surface area contributed by atoms with Crippen molar-refractivity contribution < 1.29 is 49.4 Å². The van der Waals surface area contributed by atoms with Crippen LogP contribution in [0, 0.1) is 22.7 Å². The zero-order chi connectivity index (χ0) is 37.9. The number of carboxylic acid groups (broad SMARTS) is 2. The van der Waals surface area contributed by atoms with E-state index in [0.29, 0.717) is 11.1 Å². The summed E-state index contributed by atoms with van der Waals surface area (Å²) in [5, 5.41) is 44.7. The van der Waals surface area contributed by atoms with Crippen molar-refractivity contribution in [3.63, 3.8) is 0 Å². The van der Waals surface area contributed by atoms with Gasteiger partial charge in [0, 0.05) is 88.5 Å². The first-order valence-corrected chi connectivity index (χ1v) is 18.8. The third kappa shape index (κ3) is 8.01. The summed E-state index contributed by atoms with van der Waals surface area (Å²) in [4.78, 5) is 32.8. The van der Waals surface area contributed by atoms with Crippen LogP contribution in [0.4, 0.5) is 0 Å². The van der Waals surface area contributed by atoms with Crippen LogP contribution in [-0.4, -0.2) is 27.0 Å². The first kappa shape index (κ1) is 39.2. The number of carbonyl (C=O) groups is 2. The van der Waals surface area contributed by atoms with Gasteiger partial charge in [-0.1, -0.05) is 74.5 Å². The molecule has 0 fully saturated rings. The van der Waals surface area contributed by atoms with Gasteiger partial charge in [0.15, 0.2) is 0 Å². The van der Waals surface area contributed by atoms with Crippen LogP contribution >= 0.6 is 22.7 Å². The largest absolute Gasteiger partial charge is 1.00 e. The van der Waals surface area contributed by atoms with Crippen molar-refractivity contribution >= 4 is 76.3 Å². The number of rotatable bonds is 8. The summed E-state index contributed by atoms with van der Waals surface area (Å²) < 4.78 is 2.16. The van der Waals surface area contributed by atoms with Crippen molar-refractivity contribution in [2.75, 3.05) is 0 Å². The molecule has 55 heavy (non-hydrogen) atoms. The molecule has 0 amide bonds. The molecule has 2 atom stereocenters. The van der Waals surface area contributed by atoms with Gasteiger partial charge in [0.25, 0.3) is 0 Å². The van der Waals surface area contributed by atoms with Crippen LogP contribution in [0.15, 0.2) is 110 Å². The molecule has 0 bridgehead atoms. The summed E-state index contributed by atoms with van der Waals surface area (Å²) in [6.45, 7) is 3.83. The summed E-state index contributed by atoms with van der Waals surface area (Å²) in [7, 11) is 0. The molecule has 0 aliphatic rings. The number of fused-ring (bicyclic) bond motifs is 4. The van der Waals surface area contributed by atoms with Crippen molar-refractivity contribution in [2.45, 2.75) is 38.5 Å². The first-order valence-electron chi connectivity index (χ1n) is 17.2. The van der Waals surface area contributed by atoms with E-state index in [1.807, 2.05) is 117 Å². The van der Waals surface area contributed by atoms with E-state index in [1.165, 1.54) is 0 Å². The topological polar surface area (TPSA) is 151 Å². The SMILES string of the molecule is C[C@H](CC(=O)O)c1cc2cncc(-c3ccc(C#N)c4ccccc34)c2s1.C[C@H](CC(=O)[O-])c1cc2cncc(-c3ccc(C#N)c4ccccc34)c2s1.[Na+]. The summed E-state index contributed by atoms with van der Waals surface area (Å²) in [6.07, 6.45) is 7.40. The first-order chi connectivity index (χ1) is 26.2. The second-order valence-corrected chi connectivity index (χ2v) is 15.3. The molecule has 0 saturated carbocycles. The molecule has 1 N–H and O–H groups in total. The Morgan fingerprint density at radius 2 is 1.07 bits per heavy atom. The average Bonchev–Trinajstić information content (AvgIpc) is 3.83. The molecule has 0 aliphatic heterocycles. The molecule has 8 rings (SSSR count). The van der Waals surface area contributed by atoms with Gasteiger partial charge in [-0.25, -0.2) is 0 Å². The second kappa shape index (κ2) is 16.9. The number of pyridine rings is 2. The Kier molecular flexibility index (Phi) is 12.1. The van der Waals surface area contributed by atoms with Gasteiger partial charge >= 0.3 is 35.5 Å². The van der Waals surface area contributed by atoms with Crippen LogP contribution in [-0.2, 0) is 9.59 Å². The minimum Gasteiger partial charge on any atom is -0.550 e. The Hall–Kier alpha value is -5.46. The Labute approximate surface area is 347 Å². The fourth-order valence-corrected chi connectivity index (χ4v) is 9.23. The Morgan fingerprint density at radius 3 is 1.47 bits per heavy atom. The third-order valence-corrected chi connectivity index (χ3v) is 12.3. The quantitative estimate of drug-likeness (QED) is 0.166. The van der Waals surface area contributed by atoms with Crippen LogP contribution in [0.5, 0.6) is 0 Å². The summed E-state index contributed by atoms with van der Waals surface area (Å²) in [6, 6.07) is 31.9. The number of carboxylic acids is 2. The summed E-state index contributed by atoms with van der Waals surface area (Å²) >= 11 is 3.21. The van der Waals surface area contributed by atoms with E-state index < -0.39 is 11.9 Å². The predicted molar refractivity (Wildman–Crippen MR) is 213 cm³/mol. The Morgan fingerprint density at radius 1 is 0.655 bits per heavy atom. The molecule has 11 heteroatoms. The molecule has 0 unspecified atom stereocenters. The fourth-order valence-electron chi connectivity index (χ4n) is 6.81. The van der Waals surface area contributed by atoms with Gasteiger partial charge in [0.05, 0.1) is 29.7 Å². The smallest absolute Gasteiger partial charge is 0.550 e. The van der Waals surface area contributed by atoms with Gasteiger partial charge in [-0.05, 0) is 58.5 Å². The van der Waals surface area contributed by atoms with Crippen LogP contribution in [0.1, 0.15) is 59.4 Å². The van der Waals surface area contributed by atoms with Gasteiger partial charge in [0.2, 0.25) is 0 Å². The monoisotopic (exact) mass is 766 g/mol. The molecule has 4 heterocycles. The molecule has 8 nitrogen and oxygen atoms in total. The van der Waals surface area contributed by atoms with E-state index in [4.69, 9.17) is 5.11 Å². The van der Waals surface area contributed by atoms with Crippen molar-refractivity contribution in [3.05, 3.63) is 131 Å². The number of hydrogen-bond acceptors (Lipinski definition) is 9. The Bertz CT molecular complexity index is 2640. The standard InChI is InChI=1S/2C22H16N2O2S.Na/c2*1-13(8-21(25)26)20-9-15-11-24-12-19(22(15)27-20)18-7-6-14(10-23)16-4-2-3-5-17(16)18;/h2*2-7,9,11-13H,8H2,1H3,(H,25,26);/q;;+1/p-1/t2*13-;/m11./s1. The summed E-state index contributed by atoms with van der Waals surface area (Å²) in [5.74, 6) is -2.00. The third-order valence-electron chi connectivity index (χ3n) is 9.48. The van der Waals surface area contributed by atoms with E-state index in [9.17, 15) is 25.2 Å². The van der Waals surface area contributed by atoms with E-state index >= 15 is 0 Å². The molecule has 264 valence electrons. The minimum absolute atomic E-state index is 0. The normalized spacial score (nSPS) is 11.9. The van der Waals surface area contributed by atoms with Gasteiger partial charge in [-0.3, -0.25) is 14.8 Å². The predicted octanol–water partition coefficient (Wildman–Crippen LogP) is 6.80. The second-order valence-electron chi connectivity index (χ2n) is 13.1. The van der Waals surface area contributed by atoms with E-state index in [0.717, 1.165) is 73.7 Å². The maximum Gasteiger partial charge on any atom is 1.00 e. The number of hydrogen-bond donors (Lipinski definition) is 1. The number of benzene rings is 4. The van der Waals surface area contributed by atoms with Crippen LogP contribution in [0.2, 0.25) is 0 Å². The number of carbonyl (C=O) groups excluding carboxylic acids is 1. The number of aliphatic carboxylic acids is 2. The van der Waals surface area contributed by atoms with Gasteiger partial charge in [-0.2, -0.15) is 10.5 Å². The van der Waals surface area contributed by atoms with Gasteiger partial charge in [-0.15, -0.1) is 22.7 Å². The summed E-state index contributed by atoms with van der Waals surface area (Å²) in [5.41, 5.74) is 5.34. The average molecular weight is 767 g/mol. The van der Waals surface area contributed by atoms with Gasteiger partial charge in [0.1, 0.15) is 0 Å². The molecular weight excluding hydrogens is 736 g/mol. The fraction of sp³-hybridized carbons (Fsp3) is 0.136. The van der Waals surface area contributed by atoms with Crippen molar-refractivity contribution in [1.82, 2.24) is 9.97 Å². The van der Waals surface area contributed by atoms with E-state index in [2.05, 4.69) is 22.1 Å². The zero-order valence-electron chi connectivity index (χ0n) is 30.2. The number of nitrogens with zero attached hydrogens (tertiary/aromatic N) is 4. The van der Waals surface area contributed by atoms with Crippen LogP contribution in [0.3, 0.4) is 0 Å². The van der Waals surface area contributed by atoms with Crippen molar-refractivity contribution in [3.8, 4) is 34.4 Å². The molecule has 4 aromatic heterocycles. The molecule has 0 spiro atoms. The van der Waals surface area contributed by atoms with E-state index in [-0.39, 0.29) is 54.2 Å². The number of thiophene rings is 2. The molecule has 0 saturated heterocycles. The van der Waals surface area contributed by atoms with Crippen molar-refractivity contribution in [2.24, 2.45) is 0 Å². The van der Waals surface area contributed by atoms with Crippen LogP contribution < -0.4 is 34.7 Å². The number of aromatic nitrogens is 2. The molecule has 0 aliphatic carbocycles. The van der Waals surface area contributed by atoms with Gasteiger partial charge < -0.3 is 15.0 Å². The van der Waals surface area contributed by atoms with Crippen LogP contribution in [0.25, 0.3) is 64.0 Å². The maximum atomic E-state index is 11.1. The molecule has 0 radical (unpaired) electrons. The molecule has 8 aromatic rings. The molecular formula is C44H31N4NaO4S2. The number of nitriles is 2. The Balaban J connectivity index is 0.000000184. The maximum absolute atomic E-state index is 11.1. The van der Waals surface area contributed by atoms with Crippen molar-refractivity contribution in [1.29, 1.82) is 10.5 Å².